The number of benzene rings is 4. The summed E-state index contributed by atoms with van der Waals surface area (Å²) in [6, 6.07) is 37.2. The Hall–Kier alpha value is -3.11. The number of aliphatic hydroxyl groups is 1. The van der Waals surface area contributed by atoms with E-state index in [2.05, 4.69) is 0 Å². The van der Waals surface area contributed by atoms with Crippen LogP contribution < -0.4 is 4.74 Å². The van der Waals surface area contributed by atoms with E-state index in [1.165, 1.54) is 0 Å². The summed E-state index contributed by atoms with van der Waals surface area (Å²) >= 11 is 5.97. The Labute approximate surface area is 194 Å². The highest BCUT2D eigenvalue weighted by atomic mass is 35.5. The fourth-order valence-electron chi connectivity index (χ4n) is 2.94. The number of hydrogen-bond acceptors (Lipinski definition) is 3. The van der Waals surface area contributed by atoms with Gasteiger partial charge in [-0.3, -0.25) is 0 Å². The summed E-state index contributed by atoms with van der Waals surface area (Å²) in [7, 11) is 0. The number of halogens is 1. The molecule has 0 spiro atoms. The highest BCUT2D eigenvalue weighted by Crippen LogP contribution is 2.23. The van der Waals surface area contributed by atoms with Crippen molar-refractivity contribution in [2.75, 3.05) is 0 Å². The van der Waals surface area contributed by atoms with Gasteiger partial charge in [0.15, 0.2) is 6.29 Å². The van der Waals surface area contributed by atoms with E-state index in [1.54, 1.807) is 0 Å². The summed E-state index contributed by atoms with van der Waals surface area (Å²) < 4.78 is 11.0. The van der Waals surface area contributed by atoms with E-state index >= 15 is 0 Å². The number of ether oxygens (including phenoxy) is 2. The average Bonchev–Trinajstić information content (AvgIpc) is 2.85. The molecule has 32 heavy (non-hydrogen) atoms. The molecule has 4 aromatic carbocycles. The van der Waals surface area contributed by atoms with Crippen LogP contribution in [0.15, 0.2) is 115 Å². The summed E-state index contributed by atoms with van der Waals surface area (Å²) in [4.78, 5) is 0. The second-order valence-electron chi connectivity index (χ2n) is 7.15. The fourth-order valence-corrected chi connectivity index (χ4v) is 3.13. The summed E-state index contributed by atoms with van der Waals surface area (Å²) in [5.74, 6) is 0.725. The van der Waals surface area contributed by atoms with Crippen LogP contribution >= 0.6 is 11.6 Å². The van der Waals surface area contributed by atoms with Gasteiger partial charge in [0.05, 0.1) is 11.6 Å². The van der Waals surface area contributed by atoms with Gasteiger partial charge >= 0.3 is 0 Å². The molecule has 0 aliphatic rings. The van der Waals surface area contributed by atoms with Crippen LogP contribution in [0.3, 0.4) is 0 Å². The van der Waals surface area contributed by atoms with Crippen LogP contribution in [0.1, 0.15) is 16.7 Å². The Bertz CT molecular complexity index is 1020. The second-order valence-corrected chi connectivity index (χ2v) is 7.55. The Morgan fingerprint density at radius 2 is 1.06 bits per heavy atom. The third-order valence-electron chi connectivity index (χ3n) is 4.61. The molecule has 0 radical (unpaired) electrons. The Kier molecular flexibility index (Phi) is 9.81. The minimum absolute atomic E-state index is 0.439. The zero-order chi connectivity index (χ0) is 22.4. The summed E-state index contributed by atoms with van der Waals surface area (Å²) in [5.41, 5.74) is 3.28. The maximum atomic E-state index is 9.74. The largest absolute Gasteiger partial charge is 0.487 e. The molecule has 164 valence electrons. The van der Waals surface area contributed by atoms with Crippen LogP contribution in [0.5, 0.6) is 5.75 Å². The van der Waals surface area contributed by atoms with Crippen LogP contribution in [0.2, 0.25) is 5.02 Å². The third-order valence-corrected chi connectivity index (χ3v) is 4.92. The van der Waals surface area contributed by atoms with Crippen molar-refractivity contribution in [3.05, 3.63) is 137 Å². The lowest BCUT2D eigenvalue weighted by Gasteiger charge is -2.12. The molecule has 4 heteroatoms. The van der Waals surface area contributed by atoms with Crippen molar-refractivity contribution in [2.24, 2.45) is 0 Å². The topological polar surface area (TPSA) is 38.7 Å². The van der Waals surface area contributed by atoms with E-state index in [9.17, 15) is 5.11 Å². The summed E-state index contributed by atoms with van der Waals surface area (Å²) in [6.45, 7) is 0.986. The molecule has 0 saturated heterocycles. The van der Waals surface area contributed by atoms with Crippen LogP contribution in [0, 0.1) is 0 Å². The molecule has 0 fully saturated rings. The lowest BCUT2D eigenvalue weighted by atomic mass is 10.1. The maximum Gasteiger partial charge on any atom is 0.159 e. The number of rotatable bonds is 8. The molecule has 4 rings (SSSR count). The second kappa shape index (κ2) is 13.3. The molecule has 3 nitrogen and oxygen atoms in total. The zero-order valence-electron chi connectivity index (χ0n) is 17.8. The van der Waals surface area contributed by atoms with Crippen molar-refractivity contribution in [3.63, 3.8) is 0 Å². The summed E-state index contributed by atoms with van der Waals surface area (Å²) in [5, 5.41) is 10.4. The first-order valence-electron chi connectivity index (χ1n) is 10.5. The van der Waals surface area contributed by atoms with Crippen LogP contribution in [0.4, 0.5) is 0 Å². The molecule has 0 aliphatic carbocycles. The highest BCUT2D eigenvalue weighted by Gasteiger charge is 2.05. The molecule has 0 amide bonds. The van der Waals surface area contributed by atoms with Gasteiger partial charge in [0.2, 0.25) is 0 Å². The van der Waals surface area contributed by atoms with Crippen LogP contribution in [-0.2, 0) is 24.4 Å². The highest BCUT2D eigenvalue weighted by molar-refractivity contribution is 6.32. The van der Waals surface area contributed by atoms with Gasteiger partial charge in [-0.1, -0.05) is 115 Å². The van der Waals surface area contributed by atoms with Crippen molar-refractivity contribution in [2.45, 2.75) is 25.9 Å². The molecular formula is C28H27ClO3. The lowest BCUT2D eigenvalue weighted by Crippen LogP contribution is -2.14. The molecule has 1 N–H and O–H groups in total. The minimum atomic E-state index is -0.752. The molecule has 4 aromatic rings. The molecule has 0 bridgehead atoms. The van der Waals surface area contributed by atoms with Crippen LogP contribution in [0.25, 0.3) is 0 Å². The van der Waals surface area contributed by atoms with Crippen molar-refractivity contribution < 1.29 is 14.6 Å². The van der Waals surface area contributed by atoms with E-state index in [-0.39, 0.29) is 0 Å². The predicted molar refractivity (Wildman–Crippen MR) is 130 cm³/mol. The SMILES string of the molecule is Clc1ccccc1OCc1ccccc1.OC(Cc1ccccc1)OCc1ccccc1. The van der Waals surface area contributed by atoms with E-state index in [1.807, 2.05) is 115 Å². The number of aliphatic hydroxyl groups excluding tert-OH is 1. The normalized spacial score (nSPS) is 11.2. The lowest BCUT2D eigenvalue weighted by molar-refractivity contribution is -0.106. The Morgan fingerprint density at radius 1 is 0.594 bits per heavy atom. The van der Waals surface area contributed by atoms with Gasteiger partial charge in [-0.15, -0.1) is 0 Å². The molecular weight excluding hydrogens is 420 g/mol. The van der Waals surface area contributed by atoms with Gasteiger partial charge in [-0.25, -0.2) is 0 Å². The molecule has 0 saturated carbocycles. The smallest absolute Gasteiger partial charge is 0.159 e. The maximum absolute atomic E-state index is 9.74. The molecule has 1 atom stereocenters. The fraction of sp³-hybridized carbons (Fsp3) is 0.143. The van der Waals surface area contributed by atoms with Crippen molar-refractivity contribution in [1.29, 1.82) is 0 Å². The van der Waals surface area contributed by atoms with Gasteiger partial charge in [0.1, 0.15) is 12.4 Å². The van der Waals surface area contributed by atoms with E-state index in [4.69, 9.17) is 21.1 Å². The first-order valence-corrected chi connectivity index (χ1v) is 10.9. The first-order chi connectivity index (χ1) is 15.7. The standard InChI is InChI=1S/C15H16O2.C13H11ClO/c16-15(11-13-7-3-1-4-8-13)17-12-14-9-5-2-6-10-14;14-12-8-4-5-9-13(12)15-10-11-6-2-1-3-7-11/h1-10,15-16H,11-12H2;1-9H,10H2. The van der Waals surface area contributed by atoms with Gasteiger partial charge < -0.3 is 14.6 Å². The van der Waals surface area contributed by atoms with Crippen molar-refractivity contribution in [1.82, 2.24) is 0 Å². The molecule has 0 heterocycles. The van der Waals surface area contributed by atoms with Crippen molar-refractivity contribution in [3.8, 4) is 5.75 Å². The van der Waals surface area contributed by atoms with Gasteiger partial charge in [-0.05, 0) is 28.8 Å². The van der Waals surface area contributed by atoms with E-state index < -0.39 is 6.29 Å². The Balaban J connectivity index is 0.000000182. The Morgan fingerprint density at radius 3 is 1.62 bits per heavy atom. The predicted octanol–water partition coefficient (Wildman–Crippen LogP) is 6.68. The average molecular weight is 447 g/mol. The monoisotopic (exact) mass is 446 g/mol. The quantitative estimate of drug-likeness (QED) is 0.307. The van der Waals surface area contributed by atoms with Gasteiger partial charge in [0, 0.05) is 6.42 Å². The zero-order valence-corrected chi connectivity index (χ0v) is 18.6. The first kappa shape index (κ1) is 23.6. The summed E-state index contributed by atoms with van der Waals surface area (Å²) in [6.07, 6.45) is -0.231. The van der Waals surface area contributed by atoms with E-state index in [0.29, 0.717) is 24.7 Å². The third kappa shape index (κ3) is 8.56. The van der Waals surface area contributed by atoms with E-state index in [0.717, 1.165) is 22.4 Å². The number of para-hydroxylation sites is 1. The number of hydrogen-bond donors (Lipinski definition) is 1. The van der Waals surface area contributed by atoms with Crippen LogP contribution in [-0.4, -0.2) is 11.4 Å². The van der Waals surface area contributed by atoms with Crippen molar-refractivity contribution >= 4 is 11.6 Å². The molecule has 1 unspecified atom stereocenters. The van der Waals surface area contributed by atoms with Gasteiger partial charge in [-0.2, -0.15) is 0 Å². The molecule has 0 aromatic heterocycles. The molecule has 0 aliphatic heterocycles. The van der Waals surface area contributed by atoms with Gasteiger partial charge in [0.25, 0.3) is 0 Å². The minimum Gasteiger partial charge on any atom is -0.487 e.